The number of hydrogen-bond acceptors (Lipinski definition) is 4. The van der Waals surface area contributed by atoms with Gasteiger partial charge < -0.3 is 9.64 Å². The Kier molecular flexibility index (Phi) is 4.56. The molecular weight excluding hydrogens is 262 g/mol. The van der Waals surface area contributed by atoms with Crippen LogP contribution in [-0.4, -0.2) is 36.5 Å². The number of likely N-dealkylation sites (N-methyl/N-ethyl adjacent to an activating group) is 1. The van der Waals surface area contributed by atoms with Gasteiger partial charge in [0.25, 0.3) is 0 Å². The number of aromatic nitrogens is 2. The molecular formula is C14H18ClN3O. The molecule has 1 aromatic heterocycles. The average Bonchev–Trinajstić information content (AvgIpc) is 2.39. The Balaban J connectivity index is 2.22. The fraction of sp³-hybridized carbons (Fsp3) is 0.429. The van der Waals surface area contributed by atoms with Crippen LogP contribution in [0.3, 0.4) is 0 Å². The van der Waals surface area contributed by atoms with E-state index < -0.39 is 0 Å². The highest BCUT2D eigenvalue weighted by molar-refractivity contribution is 6.34. The standard InChI is InChI=1S/C14H18ClN3O/c1-10(2)19-9-8-18(3)14-12-7-5-4-6-11(12)13(15)16-17-14/h4-7,10H,8-9H2,1-3H3. The molecule has 0 unspecified atom stereocenters. The fourth-order valence-electron chi connectivity index (χ4n) is 1.87. The van der Waals surface area contributed by atoms with Crippen LogP contribution in [0, 0.1) is 0 Å². The molecule has 5 heteroatoms. The van der Waals surface area contributed by atoms with E-state index in [0.29, 0.717) is 11.8 Å². The lowest BCUT2D eigenvalue weighted by molar-refractivity contribution is 0.0845. The van der Waals surface area contributed by atoms with Crippen molar-refractivity contribution >= 4 is 28.2 Å². The van der Waals surface area contributed by atoms with Crippen molar-refractivity contribution in [3.63, 3.8) is 0 Å². The van der Waals surface area contributed by atoms with Gasteiger partial charge in [0, 0.05) is 24.4 Å². The van der Waals surface area contributed by atoms with Crippen LogP contribution in [0.4, 0.5) is 5.82 Å². The van der Waals surface area contributed by atoms with Crippen molar-refractivity contribution in [3.8, 4) is 0 Å². The van der Waals surface area contributed by atoms with Crippen molar-refractivity contribution in [1.29, 1.82) is 0 Å². The average molecular weight is 280 g/mol. The lowest BCUT2D eigenvalue weighted by Crippen LogP contribution is -2.25. The SMILES string of the molecule is CC(C)OCCN(C)c1nnc(Cl)c2ccccc12. The number of halogens is 1. The second-order valence-corrected chi connectivity index (χ2v) is 5.06. The van der Waals surface area contributed by atoms with Crippen molar-refractivity contribution in [1.82, 2.24) is 10.2 Å². The van der Waals surface area contributed by atoms with E-state index in [2.05, 4.69) is 10.2 Å². The van der Waals surface area contributed by atoms with Crippen LogP contribution in [0.1, 0.15) is 13.8 Å². The first-order chi connectivity index (χ1) is 9.09. The summed E-state index contributed by atoms with van der Waals surface area (Å²) >= 11 is 6.06. The van der Waals surface area contributed by atoms with Gasteiger partial charge in [-0.2, -0.15) is 0 Å². The zero-order chi connectivity index (χ0) is 13.8. The van der Waals surface area contributed by atoms with Gasteiger partial charge in [0.15, 0.2) is 11.0 Å². The molecule has 102 valence electrons. The summed E-state index contributed by atoms with van der Waals surface area (Å²) in [5.74, 6) is 0.826. The third kappa shape index (κ3) is 3.33. The Bertz CT molecular complexity index is 559. The van der Waals surface area contributed by atoms with E-state index in [1.165, 1.54) is 0 Å². The lowest BCUT2D eigenvalue weighted by Gasteiger charge is -2.20. The number of fused-ring (bicyclic) bond motifs is 1. The molecule has 1 aromatic carbocycles. The fourth-order valence-corrected chi connectivity index (χ4v) is 2.07. The summed E-state index contributed by atoms with van der Waals surface area (Å²) in [7, 11) is 1.98. The number of anilines is 1. The summed E-state index contributed by atoms with van der Waals surface area (Å²) in [6, 6.07) is 7.88. The quantitative estimate of drug-likeness (QED) is 0.843. The van der Waals surface area contributed by atoms with Gasteiger partial charge in [-0.05, 0) is 13.8 Å². The Morgan fingerprint density at radius 1 is 1.21 bits per heavy atom. The third-order valence-corrected chi connectivity index (χ3v) is 3.14. The zero-order valence-electron chi connectivity index (χ0n) is 11.4. The topological polar surface area (TPSA) is 38.2 Å². The Hall–Kier alpha value is -1.39. The van der Waals surface area contributed by atoms with Gasteiger partial charge in [-0.15, -0.1) is 10.2 Å². The first kappa shape index (κ1) is 14.0. The molecule has 0 bridgehead atoms. The summed E-state index contributed by atoms with van der Waals surface area (Å²) in [5.41, 5.74) is 0. The monoisotopic (exact) mass is 279 g/mol. The van der Waals surface area contributed by atoms with E-state index in [1.807, 2.05) is 50.1 Å². The minimum Gasteiger partial charge on any atom is -0.377 e. The molecule has 0 aliphatic carbocycles. The van der Waals surface area contributed by atoms with Crippen LogP contribution >= 0.6 is 11.6 Å². The van der Waals surface area contributed by atoms with Crippen LogP contribution in [0.15, 0.2) is 24.3 Å². The first-order valence-corrected chi connectivity index (χ1v) is 6.71. The molecule has 0 aliphatic rings. The van der Waals surface area contributed by atoms with Gasteiger partial charge in [0.05, 0.1) is 12.7 Å². The molecule has 2 rings (SSSR count). The highest BCUT2D eigenvalue weighted by atomic mass is 35.5. The maximum absolute atomic E-state index is 6.06. The van der Waals surface area contributed by atoms with E-state index in [0.717, 1.165) is 23.1 Å². The molecule has 0 atom stereocenters. The summed E-state index contributed by atoms with van der Waals surface area (Å²) in [4.78, 5) is 2.04. The minimum absolute atomic E-state index is 0.237. The molecule has 0 fully saturated rings. The van der Waals surface area contributed by atoms with Crippen molar-refractivity contribution < 1.29 is 4.74 Å². The number of ether oxygens (including phenoxy) is 1. The van der Waals surface area contributed by atoms with Gasteiger partial charge >= 0.3 is 0 Å². The third-order valence-electron chi connectivity index (χ3n) is 2.86. The van der Waals surface area contributed by atoms with E-state index in [1.54, 1.807) is 0 Å². The summed E-state index contributed by atoms with van der Waals surface area (Å²) in [5, 5.41) is 10.6. The molecule has 0 radical (unpaired) electrons. The van der Waals surface area contributed by atoms with Crippen molar-refractivity contribution in [2.24, 2.45) is 0 Å². The predicted molar refractivity (Wildman–Crippen MR) is 78.9 cm³/mol. The van der Waals surface area contributed by atoms with Crippen LogP contribution in [0.2, 0.25) is 5.15 Å². The number of rotatable bonds is 5. The van der Waals surface area contributed by atoms with Gasteiger partial charge in [-0.1, -0.05) is 35.9 Å². The van der Waals surface area contributed by atoms with E-state index in [4.69, 9.17) is 16.3 Å². The maximum Gasteiger partial charge on any atom is 0.159 e. The maximum atomic E-state index is 6.06. The van der Waals surface area contributed by atoms with E-state index in [-0.39, 0.29) is 6.10 Å². The first-order valence-electron chi connectivity index (χ1n) is 6.33. The lowest BCUT2D eigenvalue weighted by atomic mass is 10.2. The molecule has 0 spiro atoms. The highest BCUT2D eigenvalue weighted by Gasteiger charge is 2.11. The molecule has 0 amide bonds. The van der Waals surface area contributed by atoms with Gasteiger partial charge in [0.1, 0.15) is 0 Å². The molecule has 2 aromatic rings. The number of hydrogen-bond donors (Lipinski definition) is 0. The normalized spacial score (nSPS) is 11.2. The Morgan fingerprint density at radius 2 is 1.89 bits per heavy atom. The molecule has 0 saturated heterocycles. The van der Waals surface area contributed by atoms with E-state index >= 15 is 0 Å². The van der Waals surface area contributed by atoms with Crippen LogP contribution in [-0.2, 0) is 4.74 Å². The molecule has 0 N–H and O–H groups in total. The van der Waals surface area contributed by atoms with Crippen LogP contribution in [0.25, 0.3) is 10.8 Å². The van der Waals surface area contributed by atoms with Gasteiger partial charge in [-0.3, -0.25) is 0 Å². The van der Waals surface area contributed by atoms with E-state index in [9.17, 15) is 0 Å². The smallest absolute Gasteiger partial charge is 0.159 e. The van der Waals surface area contributed by atoms with Crippen LogP contribution < -0.4 is 4.90 Å². The highest BCUT2D eigenvalue weighted by Crippen LogP contribution is 2.27. The number of nitrogens with zero attached hydrogens (tertiary/aromatic N) is 3. The molecule has 4 nitrogen and oxygen atoms in total. The second kappa shape index (κ2) is 6.17. The summed E-state index contributed by atoms with van der Waals surface area (Å²) in [6.45, 7) is 5.47. The Labute approximate surface area is 118 Å². The molecule has 0 saturated carbocycles. The largest absolute Gasteiger partial charge is 0.377 e. The minimum atomic E-state index is 0.237. The molecule has 0 aliphatic heterocycles. The Morgan fingerprint density at radius 3 is 2.58 bits per heavy atom. The van der Waals surface area contributed by atoms with Gasteiger partial charge in [-0.25, -0.2) is 0 Å². The molecule has 19 heavy (non-hydrogen) atoms. The molecule has 1 heterocycles. The summed E-state index contributed by atoms with van der Waals surface area (Å²) < 4.78 is 5.55. The van der Waals surface area contributed by atoms with Gasteiger partial charge in [0.2, 0.25) is 0 Å². The van der Waals surface area contributed by atoms with Crippen molar-refractivity contribution in [2.75, 3.05) is 25.1 Å². The number of benzene rings is 1. The van der Waals surface area contributed by atoms with Crippen molar-refractivity contribution in [3.05, 3.63) is 29.4 Å². The summed E-state index contributed by atoms with van der Waals surface area (Å²) in [6.07, 6.45) is 0.237. The van der Waals surface area contributed by atoms with Crippen LogP contribution in [0.5, 0.6) is 0 Å². The van der Waals surface area contributed by atoms with Crippen molar-refractivity contribution in [2.45, 2.75) is 20.0 Å². The second-order valence-electron chi connectivity index (χ2n) is 4.70. The zero-order valence-corrected chi connectivity index (χ0v) is 12.2. The predicted octanol–water partition coefficient (Wildman–Crippen LogP) is 3.14.